The number of hydrogen-bond acceptors (Lipinski definition) is 3. The van der Waals surface area contributed by atoms with E-state index in [-0.39, 0.29) is 0 Å². The lowest BCUT2D eigenvalue weighted by Crippen LogP contribution is -2.00. The van der Waals surface area contributed by atoms with Gasteiger partial charge in [0.15, 0.2) is 6.29 Å². The van der Waals surface area contributed by atoms with Gasteiger partial charge in [0.05, 0.1) is 17.9 Å². The van der Waals surface area contributed by atoms with E-state index in [1.165, 1.54) is 38.5 Å². The molecule has 23 heavy (non-hydrogen) atoms. The normalized spacial score (nSPS) is 10.7. The van der Waals surface area contributed by atoms with Crippen molar-refractivity contribution in [3.63, 3.8) is 0 Å². The first-order valence-electron chi connectivity index (χ1n) is 8.58. The number of ether oxygens (including phenoxy) is 1. The van der Waals surface area contributed by atoms with E-state index in [2.05, 4.69) is 12.0 Å². The van der Waals surface area contributed by atoms with Crippen molar-refractivity contribution in [1.29, 1.82) is 0 Å². The summed E-state index contributed by atoms with van der Waals surface area (Å²) in [5, 5.41) is 4.37. The van der Waals surface area contributed by atoms with Crippen LogP contribution in [0.5, 0.6) is 5.88 Å². The Morgan fingerprint density at radius 2 is 1.74 bits per heavy atom. The molecule has 0 atom stereocenters. The van der Waals surface area contributed by atoms with Crippen LogP contribution in [0.2, 0.25) is 0 Å². The highest BCUT2D eigenvalue weighted by Crippen LogP contribution is 2.18. The van der Waals surface area contributed by atoms with Gasteiger partial charge in [0.25, 0.3) is 0 Å². The Bertz CT molecular complexity index is 578. The van der Waals surface area contributed by atoms with Gasteiger partial charge in [-0.2, -0.15) is 0 Å². The molecule has 0 aliphatic rings. The Balaban J connectivity index is 1.79. The third-order valence-electron chi connectivity index (χ3n) is 3.84. The van der Waals surface area contributed by atoms with Gasteiger partial charge in [-0.3, -0.25) is 4.79 Å². The molecule has 1 aromatic heterocycles. The largest absolute Gasteiger partial charge is 0.476 e. The van der Waals surface area contributed by atoms with Crippen molar-refractivity contribution in [2.75, 3.05) is 6.61 Å². The molecule has 0 aliphatic carbocycles. The fraction of sp³-hybridized carbons (Fsp3) is 0.474. The number of para-hydroxylation sites is 1. The summed E-state index contributed by atoms with van der Waals surface area (Å²) < 4.78 is 7.38. The van der Waals surface area contributed by atoms with Crippen LogP contribution >= 0.6 is 0 Å². The van der Waals surface area contributed by atoms with Crippen molar-refractivity contribution in [3.8, 4) is 11.6 Å². The average Bonchev–Trinajstić information content (AvgIpc) is 3.01. The third kappa shape index (κ3) is 5.55. The van der Waals surface area contributed by atoms with Crippen molar-refractivity contribution >= 4 is 6.29 Å². The number of carbonyl (C=O) groups is 1. The molecular weight excluding hydrogens is 288 g/mol. The second-order valence-electron chi connectivity index (χ2n) is 5.76. The highest BCUT2D eigenvalue weighted by atomic mass is 16.5. The number of benzene rings is 1. The zero-order valence-corrected chi connectivity index (χ0v) is 13.9. The summed E-state index contributed by atoms with van der Waals surface area (Å²) in [5.41, 5.74) is 1.41. The lowest BCUT2D eigenvalue weighted by atomic mass is 10.1. The van der Waals surface area contributed by atoms with Gasteiger partial charge in [-0.1, -0.05) is 63.6 Å². The number of unbranched alkanes of at least 4 members (excludes halogenated alkanes) is 6. The van der Waals surface area contributed by atoms with Gasteiger partial charge in [-0.15, -0.1) is 5.10 Å². The molecule has 0 N–H and O–H groups in total. The van der Waals surface area contributed by atoms with Crippen LogP contribution in [0.1, 0.15) is 62.2 Å². The van der Waals surface area contributed by atoms with Gasteiger partial charge in [0.1, 0.15) is 0 Å². The molecule has 0 radical (unpaired) electrons. The molecule has 0 saturated carbocycles. The molecule has 2 rings (SSSR count). The minimum absolute atomic E-state index is 0.426. The summed E-state index contributed by atoms with van der Waals surface area (Å²) in [4.78, 5) is 11.2. The second-order valence-corrected chi connectivity index (χ2v) is 5.76. The Kier molecular flexibility index (Phi) is 7.37. The van der Waals surface area contributed by atoms with Crippen molar-refractivity contribution < 1.29 is 9.53 Å². The van der Waals surface area contributed by atoms with Crippen molar-refractivity contribution in [1.82, 2.24) is 9.78 Å². The maximum absolute atomic E-state index is 11.2. The Morgan fingerprint density at radius 3 is 2.43 bits per heavy atom. The number of hydrogen-bond donors (Lipinski definition) is 0. The molecule has 0 saturated heterocycles. The highest BCUT2D eigenvalue weighted by molar-refractivity contribution is 5.78. The number of carbonyl (C=O) groups excluding carboxylic acids is 1. The maximum Gasteiger partial charge on any atom is 0.243 e. The first-order valence-corrected chi connectivity index (χ1v) is 8.58. The molecular formula is C19H26N2O2. The molecule has 0 amide bonds. The fourth-order valence-corrected chi connectivity index (χ4v) is 2.51. The summed E-state index contributed by atoms with van der Waals surface area (Å²) in [6.45, 7) is 2.84. The molecule has 1 aromatic carbocycles. The minimum atomic E-state index is 0.426. The SMILES string of the molecule is CCCCCCCCCOc1nn(-c2ccccc2)cc1C=O. The standard InChI is InChI=1S/C19H26N2O2/c1-2-3-4-5-6-7-11-14-23-19-17(16-22)15-21(20-19)18-12-9-8-10-13-18/h8-10,12-13,15-16H,2-7,11,14H2,1H3. The zero-order chi connectivity index (χ0) is 16.3. The fourth-order valence-electron chi connectivity index (χ4n) is 2.51. The van der Waals surface area contributed by atoms with Crippen LogP contribution in [0.25, 0.3) is 5.69 Å². The topological polar surface area (TPSA) is 44.1 Å². The molecule has 0 bridgehead atoms. The second kappa shape index (κ2) is 9.82. The van der Waals surface area contributed by atoms with Crippen molar-refractivity contribution in [2.24, 2.45) is 0 Å². The van der Waals surface area contributed by atoms with Crippen LogP contribution in [-0.2, 0) is 0 Å². The molecule has 0 spiro atoms. The van der Waals surface area contributed by atoms with E-state index < -0.39 is 0 Å². The van der Waals surface area contributed by atoms with E-state index in [0.29, 0.717) is 18.1 Å². The summed E-state index contributed by atoms with van der Waals surface area (Å²) in [7, 11) is 0. The van der Waals surface area contributed by atoms with Crippen LogP contribution in [-0.4, -0.2) is 22.7 Å². The number of aldehydes is 1. The zero-order valence-electron chi connectivity index (χ0n) is 13.9. The number of rotatable bonds is 11. The van der Waals surface area contributed by atoms with Gasteiger partial charge in [-0.25, -0.2) is 4.68 Å². The predicted molar refractivity (Wildman–Crippen MR) is 92.4 cm³/mol. The molecule has 4 heteroatoms. The van der Waals surface area contributed by atoms with Crippen LogP contribution < -0.4 is 4.74 Å². The lowest BCUT2D eigenvalue weighted by molar-refractivity contribution is 0.111. The quantitative estimate of drug-likeness (QED) is 0.441. The third-order valence-corrected chi connectivity index (χ3v) is 3.84. The van der Waals surface area contributed by atoms with Crippen LogP contribution in [0, 0.1) is 0 Å². The summed E-state index contributed by atoms with van der Waals surface area (Å²) in [6.07, 6.45) is 11.2. The van der Waals surface area contributed by atoms with E-state index in [0.717, 1.165) is 18.4 Å². The van der Waals surface area contributed by atoms with E-state index in [4.69, 9.17) is 4.74 Å². The van der Waals surface area contributed by atoms with Crippen molar-refractivity contribution in [2.45, 2.75) is 51.9 Å². The molecule has 0 unspecified atom stereocenters. The van der Waals surface area contributed by atoms with Crippen LogP contribution in [0.4, 0.5) is 0 Å². The summed E-state index contributed by atoms with van der Waals surface area (Å²) >= 11 is 0. The minimum Gasteiger partial charge on any atom is -0.476 e. The van der Waals surface area contributed by atoms with Gasteiger partial charge in [0.2, 0.25) is 5.88 Å². The van der Waals surface area contributed by atoms with E-state index in [9.17, 15) is 4.79 Å². The highest BCUT2D eigenvalue weighted by Gasteiger charge is 2.10. The average molecular weight is 314 g/mol. The molecule has 0 fully saturated rings. The monoisotopic (exact) mass is 314 g/mol. The molecule has 0 aliphatic heterocycles. The molecule has 124 valence electrons. The van der Waals surface area contributed by atoms with E-state index >= 15 is 0 Å². The Hall–Kier alpha value is -2.10. The van der Waals surface area contributed by atoms with E-state index in [1.54, 1.807) is 10.9 Å². The summed E-state index contributed by atoms with van der Waals surface area (Å²) in [6, 6.07) is 9.72. The van der Waals surface area contributed by atoms with E-state index in [1.807, 2.05) is 30.3 Å². The van der Waals surface area contributed by atoms with Gasteiger partial charge in [-0.05, 0) is 18.6 Å². The first-order chi connectivity index (χ1) is 11.3. The maximum atomic E-state index is 11.2. The smallest absolute Gasteiger partial charge is 0.243 e. The van der Waals surface area contributed by atoms with Gasteiger partial charge < -0.3 is 4.74 Å². The number of aromatic nitrogens is 2. The molecule has 1 heterocycles. The lowest BCUT2D eigenvalue weighted by Gasteiger charge is -2.04. The summed E-state index contributed by atoms with van der Waals surface area (Å²) in [5.74, 6) is 0.426. The first kappa shape index (κ1) is 17.3. The molecule has 4 nitrogen and oxygen atoms in total. The van der Waals surface area contributed by atoms with Crippen LogP contribution in [0.15, 0.2) is 36.5 Å². The van der Waals surface area contributed by atoms with Gasteiger partial charge in [0, 0.05) is 6.20 Å². The predicted octanol–water partition coefficient (Wildman–Crippen LogP) is 4.81. The van der Waals surface area contributed by atoms with Gasteiger partial charge >= 0.3 is 0 Å². The van der Waals surface area contributed by atoms with Crippen molar-refractivity contribution in [3.05, 3.63) is 42.1 Å². The molecule has 2 aromatic rings. The Labute approximate surface area is 138 Å². The Morgan fingerprint density at radius 1 is 1.04 bits per heavy atom. The van der Waals surface area contributed by atoms with Crippen LogP contribution in [0.3, 0.4) is 0 Å². The number of nitrogens with zero attached hydrogens (tertiary/aromatic N) is 2.